The number of pyridine rings is 1. The summed E-state index contributed by atoms with van der Waals surface area (Å²) in [7, 11) is 0. The van der Waals surface area contributed by atoms with Crippen molar-refractivity contribution in [1.29, 1.82) is 0 Å². The third-order valence-corrected chi connectivity index (χ3v) is 4.74. The molecule has 3 nitrogen and oxygen atoms in total. The predicted octanol–water partition coefficient (Wildman–Crippen LogP) is 4.81. The molecule has 0 aliphatic heterocycles. The van der Waals surface area contributed by atoms with Gasteiger partial charge in [0, 0.05) is 15.6 Å². The molecule has 0 radical (unpaired) electrons. The van der Waals surface area contributed by atoms with Gasteiger partial charge in [0.1, 0.15) is 12.3 Å². The van der Waals surface area contributed by atoms with Crippen molar-refractivity contribution < 1.29 is 9.53 Å². The third-order valence-electron chi connectivity index (χ3n) is 3.73. The lowest BCUT2D eigenvalue weighted by Crippen LogP contribution is -2.07. The van der Waals surface area contributed by atoms with Crippen LogP contribution >= 0.6 is 11.3 Å². The van der Waals surface area contributed by atoms with E-state index >= 15 is 0 Å². The molecule has 0 bridgehead atoms. The summed E-state index contributed by atoms with van der Waals surface area (Å²) in [5.41, 5.74) is 2.16. The molecule has 0 N–H and O–H groups in total. The van der Waals surface area contributed by atoms with Gasteiger partial charge in [0.2, 0.25) is 0 Å². The molecule has 2 heterocycles. The van der Waals surface area contributed by atoms with E-state index in [1.165, 1.54) is 4.70 Å². The Kier molecular flexibility index (Phi) is 3.52. The van der Waals surface area contributed by atoms with Gasteiger partial charge in [-0.25, -0.2) is 9.78 Å². The molecule has 0 saturated carbocycles. The van der Waals surface area contributed by atoms with Crippen LogP contribution in [0.1, 0.15) is 16.1 Å². The maximum Gasteiger partial charge on any atom is 0.357 e. The number of rotatable bonds is 3. The summed E-state index contributed by atoms with van der Waals surface area (Å²) >= 11 is 1.66. The highest BCUT2D eigenvalue weighted by Crippen LogP contribution is 2.26. The standard InChI is InChI=1S/C19H13NO2S/c21-19(17-10-9-13-5-1-3-7-16(13)20-17)22-11-14-12-23-18-8-4-2-6-15(14)18/h1-10,12H,11H2. The van der Waals surface area contributed by atoms with Crippen LogP contribution < -0.4 is 0 Å². The van der Waals surface area contributed by atoms with E-state index in [4.69, 9.17) is 4.74 Å². The van der Waals surface area contributed by atoms with Crippen LogP contribution in [0.5, 0.6) is 0 Å². The van der Waals surface area contributed by atoms with Gasteiger partial charge in [-0.05, 0) is 29.0 Å². The lowest BCUT2D eigenvalue weighted by Gasteiger charge is -2.05. The van der Waals surface area contributed by atoms with Crippen molar-refractivity contribution in [3.8, 4) is 0 Å². The fourth-order valence-electron chi connectivity index (χ4n) is 2.54. The van der Waals surface area contributed by atoms with E-state index in [-0.39, 0.29) is 6.61 Å². The van der Waals surface area contributed by atoms with Crippen molar-refractivity contribution in [2.75, 3.05) is 0 Å². The molecule has 0 aliphatic rings. The summed E-state index contributed by atoms with van der Waals surface area (Å²) in [4.78, 5) is 16.6. The highest BCUT2D eigenvalue weighted by atomic mass is 32.1. The lowest BCUT2D eigenvalue weighted by molar-refractivity contribution is 0.0468. The van der Waals surface area contributed by atoms with E-state index in [1.807, 2.05) is 53.9 Å². The number of aromatic nitrogens is 1. The monoisotopic (exact) mass is 319 g/mol. The molecular weight excluding hydrogens is 306 g/mol. The molecule has 2 aromatic heterocycles. The first kappa shape index (κ1) is 13.9. The van der Waals surface area contributed by atoms with Gasteiger partial charge in [-0.3, -0.25) is 0 Å². The molecule has 0 unspecified atom stereocenters. The molecule has 23 heavy (non-hydrogen) atoms. The van der Waals surface area contributed by atoms with E-state index in [1.54, 1.807) is 17.4 Å². The van der Waals surface area contributed by atoms with Crippen molar-refractivity contribution in [1.82, 2.24) is 4.98 Å². The van der Waals surface area contributed by atoms with Crippen molar-refractivity contribution >= 4 is 38.3 Å². The largest absolute Gasteiger partial charge is 0.456 e. The zero-order chi connectivity index (χ0) is 15.6. The second-order valence-electron chi connectivity index (χ2n) is 5.22. The molecule has 112 valence electrons. The van der Waals surface area contributed by atoms with Gasteiger partial charge in [-0.15, -0.1) is 11.3 Å². The summed E-state index contributed by atoms with van der Waals surface area (Å²) in [6.07, 6.45) is 0. The smallest absolute Gasteiger partial charge is 0.357 e. The highest BCUT2D eigenvalue weighted by molar-refractivity contribution is 7.17. The van der Waals surface area contributed by atoms with Gasteiger partial charge in [-0.1, -0.05) is 42.5 Å². The van der Waals surface area contributed by atoms with E-state index in [0.717, 1.165) is 21.9 Å². The van der Waals surface area contributed by atoms with Gasteiger partial charge >= 0.3 is 5.97 Å². The Hall–Kier alpha value is -2.72. The van der Waals surface area contributed by atoms with Gasteiger partial charge in [0.25, 0.3) is 0 Å². The SMILES string of the molecule is O=C(OCc1csc2ccccc12)c1ccc2ccccc2n1. The fourth-order valence-corrected chi connectivity index (χ4v) is 3.49. The van der Waals surface area contributed by atoms with E-state index in [2.05, 4.69) is 11.1 Å². The first-order valence-electron chi connectivity index (χ1n) is 7.29. The first-order valence-corrected chi connectivity index (χ1v) is 8.17. The van der Waals surface area contributed by atoms with Gasteiger partial charge < -0.3 is 4.74 Å². The molecule has 0 aliphatic carbocycles. The quantitative estimate of drug-likeness (QED) is 0.509. The van der Waals surface area contributed by atoms with Gasteiger partial charge in [0.15, 0.2) is 0 Å². The number of carbonyl (C=O) groups is 1. The molecule has 4 aromatic rings. The minimum Gasteiger partial charge on any atom is -0.456 e. The minimum atomic E-state index is -0.397. The van der Waals surface area contributed by atoms with Crippen LogP contribution in [0.3, 0.4) is 0 Å². The Balaban J connectivity index is 1.55. The molecule has 0 atom stereocenters. The van der Waals surface area contributed by atoms with Gasteiger partial charge in [-0.2, -0.15) is 0 Å². The zero-order valence-electron chi connectivity index (χ0n) is 12.2. The molecule has 2 aromatic carbocycles. The number of hydrogen-bond acceptors (Lipinski definition) is 4. The highest BCUT2D eigenvalue weighted by Gasteiger charge is 2.11. The Morgan fingerprint density at radius 1 is 1.00 bits per heavy atom. The fraction of sp³-hybridized carbons (Fsp3) is 0.0526. The Bertz CT molecular complexity index is 1010. The Morgan fingerprint density at radius 3 is 2.78 bits per heavy atom. The molecule has 0 fully saturated rings. The second kappa shape index (κ2) is 5.82. The van der Waals surface area contributed by atoms with Crippen molar-refractivity contribution in [3.05, 3.63) is 77.3 Å². The van der Waals surface area contributed by atoms with Crippen LogP contribution in [0.2, 0.25) is 0 Å². The number of para-hydroxylation sites is 1. The molecule has 4 rings (SSSR count). The number of esters is 1. The number of nitrogens with zero attached hydrogens (tertiary/aromatic N) is 1. The van der Waals surface area contributed by atoms with Crippen LogP contribution in [-0.2, 0) is 11.3 Å². The number of benzene rings is 2. The van der Waals surface area contributed by atoms with Crippen LogP contribution in [0, 0.1) is 0 Å². The van der Waals surface area contributed by atoms with Crippen molar-refractivity contribution in [2.45, 2.75) is 6.61 Å². The average Bonchev–Trinajstić information content (AvgIpc) is 3.02. The van der Waals surface area contributed by atoms with E-state index in [9.17, 15) is 4.79 Å². The first-order chi connectivity index (χ1) is 11.3. The predicted molar refractivity (Wildman–Crippen MR) is 92.7 cm³/mol. The van der Waals surface area contributed by atoms with Crippen LogP contribution in [0.15, 0.2) is 66.0 Å². The van der Waals surface area contributed by atoms with Crippen molar-refractivity contribution in [2.24, 2.45) is 0 Å². The maximum absolute atomic E-state index is 12.2. The summed E-state index contributed by atoms with van der Waals surface area (Å²) in [6.45, 7) is 0.261. The summed E-state index contributed by atoms with van der Waals surface area (Å²) in [5.74, 6) is -0.397. The maximum atomic E-state index is 12.2. The normalized spacial score (nSPS) is 11.0. The summed E-state index contributed by atoms with van der Waals surface area (Å²) < 4.78 is 6.63. The minimum absolute atomic E-state index is 0.261. The van der Waals surface area contributed by atoms with E-state index in [0.29, 0.717) is 5.69 Å². The van der Waals surface area contributed by atoms with Crippen molar-refractivity contribution in [3.63, 3.8) is 0 Å². The summed E-state index contributed by atoms with van der Waals surface area (Å²) in [6, 6.07) is 19.4. The molecular formula is C19H13NO2S. The third kappa shape index (κ3) is 2.69. The molecule has 0 spiro atoms. The number of hydrogen-bond donors (Lipinski definition) is 0. The molecule has 0 amide bonds. The van der Waals surface area contributed by atoms with E-state index < -0.39 is 5.97 Å². The van der Waals surface area contributed by atoms with Gasteiger partial charge in [0.05, 0.1) is 5.52 Å². The van der Waals surface area contributed by atoms with Crippen LogP contribution in [0.4, 0.5) is 0 Å². The second-order valence-corrected chi connectivity index (χ2v) is 6.13. The van der Waals surface area contributed by atoms with Crippen LogP contribution in [-0.4, -0.2) is 11.0 Å². The lowest BCUT2D eigenvalue weighted by atomic mass is 10.2. The number of carbonyl (C=O) groups excluding carboxylic acids is 1. The molecule has 0 saturated heterocycles. The number of ether oxygens (including phenoxy) is 1. The average molecular weight is 319 g/mol. The zero-order valence-corrected chi connectivity index (χ0v) is 13.0. The number of thiophene rings is 1. The number of fused-ring (bicyclic) bond motifs is 2. The summed E-state index contributed by atoms with van der Waals surface area (Å²) in [5, 5.41) is 4.18. The molecule has 4 heteroatoms. The van der Waals surface area contributed by atoms with Crippen LogP contribution in [0.25, 0.3) is 21.0 Å². The Labute approximate surface area is 137 Å². The Morgan fingerprint density at radius 2 is 1.83 bits per heavy atom. The topological polar surface area (TPSA) is 39.2 Å².